The third kappa shape index (κ3) is 5.99. The van der Waals surface area contributed by atoms with E-state index in [2.05, 4.69) is 14.9 Å². The Hall–Kier alpha value is -4.24. The van der Waals surface area contributed by atoms with Gasteiger partial charge in [-0.3, -0.25) is 9.10 Å². The molecule has 0 unspecified atom stereocenters. The number of anilines is 1. The van der Waals surface area contributed by atoms with Crippen LogP contribution in [0.1, 0.15) is 18.4 Å². The van der Waals surface area contributed by atoms with Crippen molar-refractivity contribution in [2.45, 2.75) is 30.0 Å². The SMILES string of the molecule is COC(=O)CC[C@H]1CN(S(=O)(=O)c2cccc(C(F)(F)F)c2)c2cc(-c3noc(-c4c(Cl)ccc(F)c4F)n3)ccc2O1. The molecule has 0 saturated carbocycles. The van der Waals surface area contributed by atoms with Gasteiger partial charge < -0.3 is 14.0 Å². The van der Waals surface area contributed by atoms with Crippen molar-refractivity contribution < 1.29 is 49.2 Å². The van der Waals surface area contributed by atoms with E-state index >= 15 is 0 Å². The molecule has 43 heavy (non-hydrogen) atoms. The van der Waals surface area contributed by atoms with Gasteiger partial charge in [0.25, 0.3) is 15.9 Å². The van der Waals surface area contributed by atoms with E-state index in [0.717, 1.165) is 34.6 Å². The van der Waals surface area contributed by atoms with E-state index in [-0.39, 0.29) is 47.2 Å². The lowest BCUT2D eigenvalue weighted by atomic mass is 10.1. The van der Waals surface area contributed by atoms with Gasteiger partial charge in [-0.1, -0.05) is 22.8 Å². The Kier molecular flexibility index (Phi) is 8.05. The van der Waals surface area contributed by atoms with Gasteiger partial charge in [-0.25, -0.2) is 17.2 Å². The highest BCUT2D eigenvalue weighted by Gasteiger charge is 2.37. The van der Waals surface area contributed by atoms with Crippen molar-refractivity contribution in [2.24, 2.45) is 0 Å². The number of nitrogens with zero attached hydrogens (tertiary/aromatic N) is 3. The molecule has 0 N–H and O–H groups in total. The van der Waals surface area contributed by atoms with Crippen molar-refractivity contribution in [1.29, 1.82) is 0 Å². The first kappa shape index (κ1) is 30.2. The van der Waals surface area contributed by atoms with Crippen LogP contribution in [0.4, 0.5) is 27.6 Å². The summed E-state index contributed by atoms with van der Waals surface area (Å²) in [7, 11) is -3.44. The molecule has 1 atom stereocenters. The number of methoxy groups -OCH3 is 1. The average molecular weight is 644 g/mol. The number of carbonyl (C=O) groups excluding carboxylic acids is 1. The maximum absolute atomic E-state index is 14.4. The van der Waals surface area contributed by atoms with E-state index in [9.17, 15) is 35.2 Å². The summed E-state index contributed by atoms with van der Waals surface area (Å²) in [6.07, 6.45) is -5.74. The molecule has 0 radical (unpaired) electrons. The lowest BCUT2D eigenvalue weighted by molar-refractivity contribution is -0.141. The Bertz CT molecular complexity index is 1820. The monoisotopic (exact) mass is 643 g/mol. The van der Waals surface area contributed by atoms with Crippen molar-refractivity contribution in [3.63, 3.8) is 0 Å². The van der Waals surface area contributed by atoms with E-state index in [4.69, 9.17) is 20.9 Å². The number of hydrogen-bond donors (Lipinski definition) is 0. The lowest BCUT2D eigenvalue weighted by Gasteiger charge is -2.35. The molecule has 0 bridgehead atoms. The fourth-order valence-electron chi connectivity index (χ4n) is 4.34. The number of carbonyl (C=O) groups is 1. The first-order chi connectivity index (χ1) is 20.3. The number of alkyl halides is 3. The van der Waals surface area contributed by atoms with Gasteiger partial charge in [0, 0.05) is 12.0 Å². The van der Waals surface area contributed by atoms with E-state index in [1.807, 2.05) is 0 Å². The van der Waals surface area contributed by atoms with Crippen LogP contribution in [0.15, 0.2) is 64.0 Å². The zero-order chi connectivity index (χ0) is 31.1. The Morgan fingerprint density at radius 1 is 1.14 bits per heavy atom. The zero-order valence-corrected chi connectivity index (χ0v) is 23.4. The topological polar surface area (TPSA) is 112 Å². The second kappa shape index (κ2) is 11.4. The van der Waals surface area contributed by atoms with Gasteiger partial charge >= 0.3 is 12.1 Å². The molecule has 1 aliphatic heterocycles. The molecule has 1 aromatic heterocycles. The minimum atomic E-state index is -4.80. The number of aromatic nitrogens is 2. The Labute approximate surface area is 245 Å². The third-order valence-corrected chi connectivity index (χ3v) is 8.57. The molecule has 0 spiro atoms. The van der Waals surface area contributed by atoms with E-state index in [0.29, 0.717) is 6.07 Å². The molecule has 0 saturated heterocycles. The molecular weight excluding hydrogens is 625 g/mol. The number of esters is 1. The molecule has 3 aromatic carbocycles. The normalized spacial score (nSPS) is 15.1. The molecule has 16 heteroatoms. The first-order valence-electron chi connectivity index (χ1n) is 12.3. The molecule has 0 aliphatic carbocycles. The van der Waals surface area contributed by atoms with Gasteiger partial charge in [0.2, 0.25) is 5.82 Å². The van der Waals surface area contributed by atoms with Gasteiger partial charge in [0.15, 0.2) is 11.6 Å². The number of halogens is 6. The van der Waals surface area contributed by atoms with Crippen molar-refractivity contribution in [1.82, 2.24) is 10.1 Å². The maximum Gasteiger partial charge on any atom is 0.416 e. The van der Waals surface area contributed by atoms with Gasteiger partial charge in [-0.15, -0.1) is 0 Å². The van der Waals surface area contributed by atoms with E-state index < -0.39 is 61.8 Å². The zero-order valence-electron chi connectivity index (χ0n) is 21.9. The van der Waals surface area contributed by atoms with Crippen molar-refractivity contribution >= 4 is 33.3 Å². The largest absolute Gasteiger partial charge is 0.486 e. The minimum absolute atomic E-state index is 0.0309. The highest BCUT2D eigenvalue weighted by atomic mass is 35.5. The third-order valence-electron chi connectivity index (χ3n) is 6.48. The van der Waals surface area contributed by atoms with Crippen LogP contribution in [0.5, 0.6) is 5.75 Å². The van der Waals surface area contributed by atoms with Crippen LogP contribution in [-0.2, 0) is 25.7 Å². The van der Waals surface area contributed by atoms with Crippen molar-refractivity contribution in [2.75, 3.05) is 18.0 Å². The van der Waals surface area contributed by atoms with Crippen molar-refractivity contribution in [3.05, 3.63) is 76.8 Å². The minimum Gasteiger partial charge on any atom is -0.486 e. The summed E-state index contributed by atoms with van der Waals surface area (Å²) in [5.41, 5.74) is -1.59. The van der Waals surface area contributed by atoms with Gasteiger partial charge in [-0.05, 0) is 55.0 Å². The second-order valence-electron chi connectivity index (χ2n) is 9.24. The first-order valence-corrected chi connectivity index (χ1v) is 14.2. The number of hydrogen-bond acceptors (Lipinski definition) is 8. The molecule has 9 nitrogen and oxygen atoms in total. The number of rotatable bonds is 7. The van der Waals surface area contributed by atoms with Crippen molar-refractivity contribution in [3.8, 4) is 28.6 Å². The lowest BCUT2D eigenvalue weighted by Crippen LogP contribution is -2.43. The molecule has 226 valence electrons. The standard InChI is InChI=1S/C27H19ClF5N3O6S/c1-40-22(37)10-6-16-13-36(43(38,39)17-4-2-3-15(12-17)27(31,32)33)20-11-14(5-9-21(20)41-16)25-34-26(42-35-25)23-18(28)7-8-19(29)24(23)30/h2-5,7-9,11-12,16H,6,10,13H2,1H3/t16-/m0/s1. The van der Waals surface area contributed by atoms with Crippen LogP contribution in [0, 0.1) is 11.6 Å². The van der Waals surface area contributed by atoms with Crippen LogP contribution in [0.25, 0.3) is 22.8 Å². The maximum atomic E-state index is 14.4. The number of ether oxygens (including phenoxy) is 2. The summed E-state index contributed by atoms with van der Waals surface area (Å²) in [5, 5.41) is 3.56. The van der Waals surface area contributed by atoms with E-state index in [1.165, 1.54) is 25.3 Å². The number of fused-ring (bicyclic) bond motifs is 1. The Morgan fingerprint density at radius 3 is 2.63 bits per heavy atom. The number of sulfonamides is 1. The highest BCUT2D eigenvalue weighted by Crippen LogP contribution is 2.41. The quantitative estimate of drug-likeness (QED) is 0.132. The summed E-state index contributed by atoms with van der Waals surface area (Å²) < 4.78 is 112. The summed E-state index contributed by atoms with van der Waals surface area (Å²) in [6.45, 7) is -0.367. The van der Waals surface area contributed by atoms with Crippen LogP contribution in [0.2, 0.25) is 5.02 Å². The summed E-state index contributed by atoms with van der Waals surface area (Å²) in [6, 6.07) is 9.25. The Morgan fingerprint density at radius 2 is 1.91 bits per heavy atom. The van der Waals surface area contributed by atoms with Crippen LogP contribution >= 0.6 is 11.6 Å². The molecule has 2 heterocycles. The summed E-state index contributed by atoms with van der Waals surface area (Å²) in [5.74, 6) is -3.69. The van der Waals surface area contributed by atoms with Gasteiger partial charge in [0.05, 0.1) is 40.4 Å². The van der Waals surface area contributed by atoms with Gasteiger partial charge in [0.1, 0.15) is 11.9 Å². The molecule has 5 rings (SSSR count). The van der Waals surface area contributed by atoms with Crippen LogP contribution in [0.3, 0.4) is 0 Å². The predicted octanol–water partition coefficient (Wildman–Crippen LogP) is 6.26. The molecule has 0 fully saturated rings. The highest BCUT2D eigenvalue weighted by molar-refractivity contribution is 7.92. The fourth-order valence-corrected chi connectivity index (χ4v) is 6.11. The molecule has 1 aliphatic rings. The molecular formula is C27H19ClF5N3O6S. The molecule has 0 amide bonds. The smallest absolute Gasteiger partial charge is 0.416 e. The van der Waals surface area contributed by atoms with Crippen LogP contribution < -0.4 is 9.04 Å². The van der Waals surface area contributed by atoms with Crippen LogP contribution in [-0.4, -0.2) is 44.3 Å². The fraction of sp³-hybridized carbons (Fsp3) is 0.222. The number of benzene rings is 3. The average Bonchev–Trinajstić information content (AvgIpc) is 3.46. The molecule has 4 aromatic rings. The Balaban J connectivity index is 1.57. The van der Waals surface area contributed by atoms with E-state index in [1.54, 1.807) is 0 Å². The summed E-state index contributed by atoms with van der Waals surface area (Å²) >= 11 is 6.00. The van der Waals surface area contributed by atoms with Gasteiger partial charge in [-0.2, -0.15) is 18.2 Å². The summed E-state index contributed by atoms with van der Waals surface area (Å²) in [4.78, 5) is 15.1. The second-order valence-corrected chi connectivity index (χ2v) is 11.5. The predicted molar refractivity (Wildman–Crippen MR) is 142 cm³/mol.